The summed E-state index contributed by atoms with van der Waals surface area (Å²) in [5.74, 6) is 0. The second-order valence-corrected chi connectivity index (χ2v) is 3.39. The second-order valence-electron chi connectivity index (χ2n) is 3.39. The fraction of sp³-hybridized carbons (Fsp3) is 0.273. The molecule has 0 spiro atoms. The Kier molecular flexibility index (Phi) is 3.39. The maximum atomic E-state index is 12.2. The van der Waals surface area contributed by atoms with E-state index < -0.39 is 11.7 Å². The summed E-state index contributed by atoms with van der Waals surface area (Å²) in [4.78, 5) is 0. The van der Waals surface area contributed by atoms with Crippen LogP contribution in [0, 0.1) is 0 Å². The molecule has 1 aromatic carbocycles. The predicted octanol–water partition coefficient (Wildman–Crippen LogP) is 3.69. The van der Waals surface area contributed by atoms with E-state index in [9.17, 15) is 13.2 Å². The van der Waals surface area contributed by atoms with Crippen LogP contribution >= 0.6 is 0 Å². The lowest BCUT2D eigenvalue weighted by atomic mass is 10.2. The minimum absolute atomic E-state index is 0.561. The number of rotatable bonds is 3. The van der Waals surface area contributed by atoms with Gasteiger partial charge in [-0.25, -0.2) is 0 Å². The van der Waals surface area contributed by atoms with Crippen molar-refractivity contribution in [2.75, 3.05) is 11.9 Å². The van der Waals surface area contributed by atoms with Crippen LogP contribution in [0.15, 0.2) is 36.4 Å². The van der Waals surface area contributed by atoms with Crippen molar-refractivity contribution < 1.29 is 13.2 Å². The molecule has 4 heteroatoms. The molecule has 0 atom stereocenters. The highest BCUT2D eigenvalue weighted by molar-refractivity contribution is 5.45. The lowest BCUT2D eigenvalue weighted by Crippen LogP contribution is -2.06. The molecule has 0 radical (unpaired) electrons. The number of benzene rings is 1. The van der Waals surface area contributed by atoms with Crippen molar-refractivity contribution in [2.24, 2.45) is 0 Å². The zero-order valence-corrected chi connectivity index (χ0v) is 8.36. The second kappa shape index (κ2) is 4.38. The van der Waals surface area contributed by atoms with Crippen LogP contribution in [0.25, 0.3) is 0 Å². The quantitative estimate of drug-likeness (QED) is 0.758. The number of nitrogens with one attached hydrogen (secondary N) is 1. The fourth-order valence-corrected chi connectivity index (χ4v) is 1.03. The zero-order chi connectivity index (χ0) is 11.5. The van der Waals surface area contributed by atoms with Crippen molar-refractivity contribution in [3.63, 3.8) is 0 Å². The molecule has 0 bridgehead atoms. The number of alkyl halides is 3. The van der Waals surface area contributed by atoms with Gasteiger partial charge in [-0.2, -0.15) is 13.2 Å². The normalized spacial score (nSPS) is 11.2. The molecule has 0 aliphatic heterocycles. The Balaban J connectivity index is 2.69. The van der Waals surface area contributed by atoms with Crippen LogP contribution in [-0.4, -0.2) is 6.54 Å². The van der Waals surface area contributed by atoms with Crippen molar-refractivity contribution in [3.05, 3.63) is 42.0 Å². The van der Waals surface area contributed by atoms with Crippen molar-refractivity contribution in [1.29, 1.82) is 0 Å². The highest BCUT2D eigenvalue weighted by Crippen LogP contribution is 2.29. The van der Waals surface area contributed by atoms with Crippen molar-refractivity contribution in [2.45, 2.75) is 13.1 Å². The molecule has 1 nitrogen and oxygen atoms in total. The van der Waals surface area contributed by atoms with Gasteiger partial charge in [-0.1, -0.05) is 12.2 Å². The number of halogens is 3. The molecule has 0 fully saturated rings. The molecule has 0 aromatic heterocycles. The summed E-state index contributed by atoms with van der Waals surface area (Å²) in [5.41, 5.74) is 0.948. The summed E-state index contributed by atoms with van der Waals surface area (Å²) in [6.07, 6.45) is -4.27. The first-order valence-corrected chi connectivity index (χ1v) is 4.45. The van der Waals surface area contributed by atoms with E-state index in [0.717, 1.165) is 17.7 Å². The average Bonchev–Trinajstić information content (AvgIpc) is 2.14. The Morgan fingerprint density at radius 3 is 2.20 bits per heavy atom. The minimum atomic E-state index is -4.27. The van der Waals surface area contributed by atoms with Gasteiger partial charge in [-0.05, 0) is 31.2 Å². The smallest absolute Gasteiger partial charge is 0.381 e. The van der Waals surface area contributed by atoms with Crippen LogP contribution in [0.2, 0.25) is 0 Å². The Bertz CT molecular complexity index is 338. The first-order valence-electron chi connectivity index (χ1n) is 4.45. The standard InChI is InChI=1S/C11H12F3N/c1-8(2)7-15-10-5-3-9(4-6-10)11(12,13)14/h3-6,15H,1,7H2,2H3. The maximum Gasteiger partial charge on any atom is 0.416 e. The molecule has 82 valence electrons. The lowest BCUT2D eigenvalue weighted by molar-refractivity contribution is -0.137. The van der Waals surface area contributed by atoms with E-state index in [2.05, 4.69) is 11.9 Å². The number of hydrogen-bond donors (Lipinski definition) is 1. The average molecular weight is 215 g/mol. The van der Waals surface area contributed by atoms with Gasteiger partial charge >= 0.3 is 6.18 Å². The van der Waals surface area contributed by atoms with Gasteiger partial charge in [0.2, 0.25) is 0 Å². The summed E-state index contributed by atoms with van der Waals surface area (Å²) in [7, 11) is 0. The molecule has 0 aliphatic carbocycles. The Morgan fingerprint density at radius 1 is 1.27 bits per heavy atom. The maximum absolute atomic E-state index is 12.2. The largest absolute Gasteiger partial charge is 0.416 e. The Morgan fingerprint density at radius 2 is 1.80 bits per heavy atom. The van der Waals surface area contributed by atoms with Gasteiger partial charge in [0, 0.05) is 12.2 Å². The minimum Gasteiger partial charge on any atom is -0.381 e. The van der Waals surface area contributed by atoms with E-state index in [0.29, 0.717) is 12.2 Å². The summed E-state index contributed by atoms with van der Waals surface area (Å²) < 4.78 is 36.6. The van der Waals surface area contributed by atoms with E-state index in [1.54, 1.807) is 0 Å². The third-order valence-corrected chi connectivity index (χ3v) is 1.81. The zero-order valence-electron chi connectivity index (χ0n) is 8.36. The summed E-state index contributed by atoms with van der Waals surface area (Å²) >= 11 is 0. The molecular formula is C11H12F3N. The molecule has 15 heavy (non-hydrogen) atoms. The van der Waals surface area contributed by atoms with Crippen LogP contribution in [0.3, 0.4) is 0 Å². The van der Waals surface area contributed by atoms with Crippen molar-refractivity contribution >= 4 is 5.69 Å². The van der Waals surface area contributed by atoms with E-state index in [1.165, 1.54) is 12.1 Å². The van der Waals surface area contributed by atoms with E-state index >= 15 is 0 Å². The number of hydrogen-bond acceptors (Lipinski definition) is 1. The van der Waals surface area contributed by atoms with Crippen LogP contribution < -0.4 is 5.32 Å². The molecule has 0 unspecified atom stereocenters. The highest BCUT2D eigenvalue weighted by atomic mass is 19.4. The van der Waals surface area contributed by atoms with Gasteiger partial charge < -0.3 is 5.32 Å². The molecule has 1 aromatic rings. The van der Waals surface area contributed by atoms with Gasteiger partial charge in [0.25, 0.3) is 0 Å². The van der Waals surface area contributed by atoms with E-state index in [-0.39, 0.29) is 0 Å². The highest BCUT2D eigenvalue weighted by Gasteiger charge is 2.29. The first-order chi connectivity index (χ1) is 6.89. The van der Waals surface area contributed by atoms with Crippen molar-refractivity contribution in [3.8, 4) is 0 Å². The first kappa shape index (κ1) is 11.6. The topological polar surface area (TPSA) is 12.0 Å². The molecule has 0 saturated carbocycles. The van der Waals surface area contributed by atoms with Crippen LogP contribution in [-0.2, 0) is 6.18 Å². The molecule has 1 N–H and O–H groups in total. The van der Waals surface area contributed by atoms with Gasteiger partial charge in [0.05, 0.1) is 5.56 Å². The van der Waals surface area contributed by atoms with Gasteiger partial charge in [-0.3, -0.25) is 0 Å². The van der Waals surface area contributed by atoms with Crippen molar-refractivity contribution in [1.82, 2.24) is 0 Å². The summed E-state index contributed by atoms with van der Waals surface area (Å²) in [6.45, 7) is 6.09. The SMILES string of the molecule is C=C(C)CNc1ccc(C(F)(F)F)cc1. The summed E-state index contributed by atoms with van der Waals surface area (Å²) in [5, 5.41) is 2.96. The van der Waals surface area contributed by atoms with Crippen LogP contribution in [0.5, 0.6) is 0 Å². The Labute approximate surface area is 86.6 Å². The molecule has 0 heterocycles. The van der Waals surface area contributed by atoms with Gasteiger partial charge in [0.1, 0.15) is 0 Å². The fourth-order valence-electron chi connectivity index (χ4n) is 1.03. The van der Waals surface area contributed by atoms with E-state index in [4.69, 9.17) is 0 Å². The Hall–Kier alpha value is -1.45. The molecular weight excluding hydrogens is 203 g/mol. The monoisotopic (exact) mass is 215 g/mol. The number of anilines is 1. The van der Waals surface area contributed by atoms with Gasteiger partial charge in [0.15, 0.2) is 0 Å². The molecule has 1 rings (SSSR count). The van der Waals surface area contributed by atoms with Gasteiger partial charge in [-0.15, -0.1) is 0 Å². The van der Waals surface area contributed by atoms with Crippen LogP contribution in [0.4, 0.5) is 18.9 Å². The summed E-state index contributed by atoms with van der Waals surface area (Å²) in [6, 6.07) is 4.93. The van der Waals surface area contributed by atoms with Crippen LogP contribution in [0.1, 0.15) is 12.5 Å². The molecule has 0 amide bonds. The predicted molar refractivity (Wildman–Crippen MR) is 54.7 cm³/mol. The lowest BCUT2D eigenvalue weighted by Gasteiger charge is -2.09. The third-order valence-electron chi connectivity index (χ3n) is 1.81. The third kappa shape index (κ3) is 3.65. The molecule has 0 aliphatic rings. The molecule has 0 saturated heterocycles. The van der Waals surface area contributed by atoms with E-state index in [1.807, 2.05) is 6.92 Å².